The molecule has 0 spiro atoms. The van der Waals surface area contributed by atoms with Gasteiger partial charge in [-0.25, -0.2) is 4.98 Å². The SMILES string of the molecule is Nc1cc(=O)[nH]c(Sc2ccc(Br)cc2[N+](=O)[O-])n1. The summed E-state index contributed by atoms with van der Waals surface area (Å²) in [5.41, 5.74) is 4.96. The summed E-state index contributed by atoms with van der Waals surface area (Å²) in [4.78, 5) is 28.4. The van der Waals surface area contributed by atoms with Crippen LogP contribution in [0, 0.1) is 10.1 Å². The van der Waals surface area contributed by atoms with Crippen LogP contribution in [0.2, 0.25) is 0 Å². The van der Waals surface area contributed by atoms with E-state index in [2.05, 4.69) is 25.9 Å². The second-order valence-electron chi connectivity index (χ2n) is 3.45. The molecule has 1 aromatic carbocycles. The largest absolute Gasteiger partial charge is 0.383 e. The van der Waals surface area contributed by atoms with Crippen molar-refractivity contribution in [2.45, 2.75) is 10.1 Å². The molecule has 0 aliphatic rings. The van der Waals surface area contributed by atoms with Gasteiger partial charge in [0.25, 0.3) is 11.2 Å². The summed E-state index contributed by atoms with van der Waals surface area (Å²) in [5, 5.41) is 11.2. The standard InChI is InChI=1S/C10H7BrN4O3S/c11-5-1-2-7(6(3-5)15(17)18)19-10-13-8(12)4-9(16)14-10/h1-4H,(H3,12,13,14,16). The normalized spacial score (nSPS) is 10.4. The number of nitro groups is 1. The third-order valence-corrected chi connectivity index (χ3v) is 3.51. The van der Waals surface area contributed by atoms with Crippen LogP contribution >= 0.6 is 27.7 Å². The topological polar surface area (TPSA) is 115 Å². The van der Waals surface area contributed by atoms with Crippen molar-refractivity contribution in [3.63, 3.8) is 0 Å². The molecule has 2 aromatic rings. The van der Waals surface area contributed by atoms with Crippen molar-refractivity contribution in [1.29, 1.82) is 0 Å². The average molecular weight is 343 g/mol. The molecular weight excluding hydrogens is 336 g/mol. The maximum absolute atomic E-state index is 11.2. The van der Waals surface area contributed by atoms with Crippen LogP contribution in [0.3, 0.4) is 0 Å². The highest BCUT2D eigenvalue weighted by Gasteiger charge is 2.16. The van der Waals surface area contributed by atoms with Gasteiger partial charge in [-0.15, -0.1) is 0 Å². The molecule has 0 amide bonds. The Kier molecular flexibility index (Phi) is 3.86. The third-order valence-electron chi connectivity index (χ3n) is 2.06. The summed E-state index contributed by atoms with van der Waals surface area (Å²) < 4.78 is 0.595. The molecule has 0 bridgehead atoms. The van der Waals surface area contributed by atoms with Crippen LogP contribution in [0.5, 0.6) is 0 Å². The number of nitrogens with zero attached hydrogens (tertiary/aromatic N) is 2. The minimum absolute atomic E-state index is 0.0611. The maximum atomic E-state index is 11.2. The van der Waals surface area contributed by atoms with Crippen molar-refractivity contribution in [3.05, 3.63) is 49.2 Å². The molecule has 0 saturated carbocycles. The Hall–Kier alpha value is -1.87. The van der Waals surface area contributed by atoms with Crippen LogP contribution in [0.1, 0.15) is 0 Å². The first kappa shape index (κ1) is 13.6. The minimum atomic E-state index is -0.502. The zero-order valence-corrected chi connectivity index (χ0v) is 11.7. The Labute approximate surface area is 119 Å². The average Bonchev–Trinajstić information content (AvgIpc) is 2.30. The van der Waals surface area contributed by atoms with Crippen molar-refractivity contribution in [2.75, 3.05) is 5.73 Å². The van der Waals surface area contributed by atoms with Crippen LogP contribution in [-0.2, 0) is 0 Å². The second kappa shape index (κ2) is 5.41. The van der Waals surface area contributed by atoms with E-state index in [1.165, 1.54) is 6.07 Å². The molecule has 1 heterocycles. The van der Waals surface area contributed by atoms with Gasteiger partial charge in [0.05, 0.1) is 9.82 Å². The Morgan fingerprint density at radius 1 is 1.42 bits per heavy atom. The molecule has 2 rings (SSSR count). The zero-order chi connectivity index (χ0) is 14.0. The van der Waals surface area contributed by atoms with Gasteiger partial charge in [-0.05, 0) is 23.9 Å². The van der Waals surface area contributed by atoms with Gasteiger partial charge in [-0.3, -0.25) is 14.9 Å². The first-order chi connectivity index (χ1) is 8.95. The molecule has 9 heteroatoms. The van der Waals surface area contributed by atoms with Crippen LogP contribution in [0.15, 0.2) is 43.6 Å². The van der Waals surface area contributed by atoms with E-state index in [0.717, 1.165) is 17.8 Å². The molecular formula is C10H7BrN4O3S. The Balaban J connectivity index is 2.43. The van der Waals surface area contributed by atoms with Gasteiger partial charge in [-0.2, -0.15) is 0 Å². The molecule has 0 aliphatic heterocycles. The second-order valence-corrected chi connectivity index (χ2v) is 5.39. The lowest BCUT2D eigenvalue weighted by Crippen LogP contribution is -2.09. The monoisotopic (exact) mass is 342 g/mol. The van der Waals surface area contributed by atoms with E-state index in [0.29, 0.717) is 9.37 Å². The van der Waals surface area contributed by atoms with Gasteiger partial charge in [0.2, 0.25) is 0 Å². The summed E-state index contributed by atoms with van der Waals surface area (Å²) in [7, 11) is 0. The lowest BCUT2D eigenvalue weighted by Gasteiger charge is -2.03. The molecule has 98 valence electrons. The highest BCUT2D eigenvalue weighted by molar-refractivity contribution is 9.10. The van der Waals surface area contributed by atoms with Crippen LogP contribution in [0.4, 0.5) is 11.5 Å². The van der Waals surface area contributed by atoms with E-state index in [9.17, 15) is 14.9 Å². The fourth-order valence-corrected chi connectivity index (χ4v) is 2.56. The van der Waals surface area contributed by atoms with Gasteiger partial charge < -0.3 is 10.7 Å². The molecule has 0 saturated heterocycles. The number of hydrogen-bond acceptors (Lipinski definition) is 6. The molecule has 0 radical (unpaired) electrons. The summed E-state index contributed by atoms with van der Waals surface area (Å²) in [5.74, 6) is 0.0611. The highest BCUT2D eigenvalue weighted by Crippen LogP contribution is 2.34. The van der Waals surface area contributed by atoms with E-state index in [1.807, 2.05) is 0 Å². The van der Waals surface area contributed by atoms with Crippen LogP contribution in [-0.4, -0.2) is 14.9 Å². The molecule has 0 fully saturated rings. The molecule has 7 nitrogen and oxygen atoms in total. The summed E-state index contributed by atoms with van der Waals surface area (Å²) in [6.07, 6.45) is 0. The van der Waals surface area contributed by atoms with E-state index >= 15 is 0 Å². The predicted octanol–water partition coefficient (Wildman–Crippen LogP) is 2.17. The number of aromatic nitrogens is 2. The van der Waals surface area contributed by atoms with Crippen molar-refractivity contribution in [2.24, 2.45) is 0 Å². The number of hydrogen-bond donors (Lipinski definition) is 2. The van der Waals surface area contributed by atoms with Gasteiger partial charge in [0, 0.05) is 16.6 Å². The van der Waals surface area contributed by atoms with E-state index in [4.69, 9.17) is 5.73 Å². The Bertz CT molecular complexity index is 703. The smallest absolute Gasteiger partial charge is 0.284 e. The van der Waals surface area contributed by atoms with Gasteiger partial charge in [0.1, 0.15) is 5.82 Å². The quantitative estimate of drug-likeness (QED) is 0.501. The van der Waals surface area contributed by atoms with Gasteiger partial charge in [-0.1, -0.05) is 15.9 Å². The number of anilines is 1. The summed E-state index contributed by atoms with van der Waals surface area (Å²) in [6.45, 7) is 0. The lowest BCUT2D eigenvalue weighted by molar-refractivity contribution is -0.387. The van der Waals surface area contributed by atoms with Crippen LogP contribution in [0.25, 0.3) is 0 Å². The molecule has 1 aromatic heterocycles. The molecule has 0 aliphatic carbocycles. The number of benzene rings is 1. The zero-order valence-electron chi connectivity index (χ0n) is 9.29. The van der Waals surface area contributed by atoms with E-state index < -0.39 is 10.5 Å². The number of halogens is 1. The van der Waals surface area contributed by atoms with E-state index in [-0.39, 0.29) is 16.7 Å². The number of nitrogens with one attached hydrogen (secondary N) is 1. The predicted molar refractivity (Wildman–Crippen MR) is 74.2 cm³/mol. The van der Waals surface area contributed by atoms with Crippen LogP contribution < -0.4 is 11.3 Å². The fraction of sp³-hybridized carbons (Fsp3) is 0. The highest BCUT2D eigenvalue weighted by atomic mass is 79.9. The minimum Gasteiger partial charge on any atom is -0.383 e. The first-order valence-electron chi connectivity index (χ1n) is 4.94. The number of nitrogen functional groups attached to an aromatic ring is 1. The molecule has 0 atom stereocenters. The Morgan fingerprint density at radius 3 is 2.79 bits per heavy atom. The molecule has 19 heavy (non-hydrogen) atoms. The van der Waals surface area contributed by atoms with Crippen molar-refractivity contribution in [1.82, 2.24) is 9.97 Å². The molecule has 0 unspecified atom stereocenters. The number of nitro benzene ring substituents is 1. The number of H-pyrrole nitrogens is 1. The van der Waals surface area contributed by atoms with Gasteiger partial charge >= 0.3 is 0 Å². The summed E-state index contributed by atoms with van der Waals surface area (Å²) in [6, 6.07) is 5.75. The maximum Gasteiger partial charge on any atom is 0.284 e. The van der Waals surface area contributed by atoms with E-state index in [1.54, 1.807) is 12.1 Å². The number of aromatic amines is 1. The third kappa shape index (κ3) is 3.32. The van der Waals surface area contributed by atoms with Crippen molar-refractivity contribution in [3.8, 4) is 0 Å². The Morgan fingerprint density at radius 2 is 2.16 bits per heavy atom. The first-order valence-corrected chi connectivity index (χ1v) is 6.55. The fourth-order valence-electron chi connectivity index (χ4n) is 1.33. The van der Waals surface area contributed by atoms with Gasteiger partial charge in [0.15, 0.2) is 5.16 Å². The lowest BCUT2D eigenvalue weighted by atomic mass is 10.3. The van der Waals surface area contributed by atoms with Crippen molar-refractivity contribution < 1.29 is 4.92 Å². The summed E-state index contributed by atoms with van der Waals surface area (Å²) >= 11 is 4.14. The van der Waals surface area contributed by atoms with Crippen molar-refractivity contribution >= 4 is 39.2 Å². The number of nitrogens with two attached hydrogens (primary N) is 1. The number of rotatable bonds is 3. The molecule has 3 N–H and O–H groups in total.